The standard InChI is InChI=1S/C18H22N2OS/c1-14(15-7-3-2-4-8-15)13-17(21)20-11-6-5-9-16(20)18-19-10-12-22-18/h2-4,7-8,10,12,14,16H,5-6,9,11,13H2,1H3/t14-,16+/m1/s1. The monoisotopic (exact) mass is 314 g/mol. The summed E-state index contributed by atoms with van der Waals surface area (Å²) in [5, 5.41) is 3.08. The van der Waals surface area contributed by atoms with Gasteiger partial charge >= 0.3 is 0 Å². The fraction of sp³-hybridized carbons (Fsp3) is 0.444. The first-order valence-electron chi connectivity index (χ1n) is 7.99. The lowest BCUT2D eigenvalue weighted by Crippen LogP contribution is -2.38. The molecule has 2 heterocycles. The van der Waals surface area contributed by atoms with E-state index in [2.05, 4.69) is 28.9 Å². The van der Waals surface area contributed by atoms with Crippen LogP contribution in [0.5, 0.6) is 0 Å². The summed E-state index contributed by atoms with van der Waals surface area (Å²) in [6.07, 6.45) is 5.74. The third-order valence-corrected chi connectivity index (χ3v) is 5.29. The summed E-state index contributed by atoms with van der Waals surface area (Å²) in [6, 6.07) is 10.5. The van der Waals surface area contributed by atoms with E-state index in [1.165, 1.54) is 12.0 Å². The smallest absolute Gasteiger partial charge is 0.223 e. The minimum absolute atomic E-state index is 0.184. The fourth-order valence-electron chi connectivity index (χ4n) is 3.16. The summed E-state index contributed by atoms with van der Waals surface area (Å²) < 4.78 is 0. The van der Waals surface area contributed by atoms with Gasteiger partial charge in [-0.2, -0.15) is 0 Å². The molecule has 116 valence electrons. The predicted molar refractivity (Wildman–Crippen MR) is 89.9 cm³/mol. The van der Waals surface area contributed by atoms with Gasteiger partial charge in [0.2, 0.25) is 5.91 Å². The van der Waals surface area contributed by atoms with Crippen molar-refractivity contribution in [3.8, 4) is 0 Å². The molecule has 1 aromatic heterocycles. The summed E-state index contributed by atoms with van der Waals surface area (Å²) in [7, 11) is 0. The average molecular weight is 314 g/mol. The van der Waals surface area contributed by atoms with Crippen LogP contribution in [0.25, 0.3) is 0 Å². The van der Waals surface area contributed by atoms with Gasteiger partial charge in [-0.25, -0.2) is 4.98 Å². The number of hydrogen-bond acceptors (Lipinski definition) is 3. The van der Waals surface area contributed by atoms with Crippen LogP contribution in [-0.4, -0.2) is 22.3 Å². The van der Waals surface area contributed by atoms with Gasteiger partial charge in [0.15, 0.2) is 0 Å². The molecule has 2 aromatic rings. The molecule has 3 nitrogen and oxygen atoms in total. The van der Waals surface area contributed by atoms with Gasteiger partial charge in [0.1, 0.15) is 5.01 Å². The Morgan fingerprint density at radius 2 is 2.18 bits per heavy atom. The first-order chi connectivity index (χ1) is 10.8. The highest BCUT2D eigenvalue weighted by Crippen LogP contribution is 2.33. The number of hydrogen-bond donors (Lipinski definition) is 0. The Morgan fingerprint density at radius 1 is 1.36 bits per heavy atom. The molecule has 0 bridgehead atoms. The average Bonchev–Trinajstić information content (AvgIpc) is 3.10. The number of thiazole rings is 1. The molecule has 0 N–H and O–H groups in total. The molecule has 3 rings (SSSR count). The maximum Gasteiger partial charge on any atom is 0.223 e. The molecule has 0 spiro atoms. The number of benzene rings is 1. The van der Waals surface area contributed by atoms with Crippen LogP contribution in [0.15, 0.2) is 41.9 Å². The van der Waals surface area contributed by atoms with Crippen LogP contribution < -0.4 is 0 Å². The van der Waals surface area contributed by atoms with Crippen molar-refractivity contribution in [1.29, 1.82) is 0 Å². The van der Waals surface area contributed by atoms with E-state index in [4.69, 9.17) is 0 Å². The molecule has 0 radical (unpaired) electrons. The van der Waals surface area contributed by atoms with E-state index in [9.17, 15) is 4.79 Å². The molecule has 0 unspecified atom stereocenters. The van der Waals surface area contributed by atoms with E-state index < -0.39 is 0 Å². The van der Waals surface area contributed by atoms with Crippen molar-refractivity contribution in [1.82, 2.24) is 9.88 Å². The molecule has 1 aliphatic rings. The van der Waals surface area contributed by atoms with Crippen LogP contribution in [0.3, 0.4) is 0 Å². The number of carbonyl (C=O) groups excluding carboxylic acids is 1. The highest BCUT2D eigenvalue weighted by atomic mass is 32.1. The maximum absolute atomic E-state index is 12.8. The number of piperidine rings is 1. The molecule has 1 amide bonds. The Balaban J connectivity index is 1.70. The molecule has 1 aromatic carbocycles. The predicted octanol–water partition coefficient (Wildman–Crippen LogP) is 4.39. The van der Waals surface area contributed by atoms with Crippen molar-refractivity contribution in [3.63, 3.8) is 0 Å². The largest absolute Gasteiger partial charge is 0.333 e. The van der Waals surface area contributed by atoms with Crippen LogP contribution >= 0.6 is 11.3 Å². The highest BCUT2D eigenvalue weighted by Gasteiger charge is 2.30. The van der Waals surface area contributed by atoms with Crippen molar-refractivity contribution >= 4 is 17.2 Å². The van der Waals surface area contributed by atoms with E-state index >= 15 is 0 Å². The molecule has 22 heavy (non-hydrogen) atoms. The third-order valence-electron chi connectivity index (χ3n) is 4.41. The summed E-state index contributed by atoms with van der Waals surface area (Å²) in [6.45, 7) is 3.00. The highest BCUT2D eigenvalue weighted by molar-refractivity contribution is 7.09. The van der Waals surface area contributed by atoms with Gasteiger partial charge in [-0.05, 0) is 30.7 Å². The van der Waals surface area contributed by atoms with Crippen molar-refractivity contribution in [3.05, 3.63) is 52.5 Å². The minimum atomic E-state index is 0.184. The van der Waals surface area contributed by atoms with E-state index in [1.807, 2.05) is 29.8 Å². The number of amides is 1. The normalized spacial score (nSPS) is 19.9. The van der Waals surface area contributed by atoms with Gasteiger partial charge in [-0.1, -0.05) is 37.3 Å². The summed E-state index contributed by atoms with van der Waals surface area (Å²) in [4.78, 5) is 19.3. The van der Waals surface area contributed by atoms with Crippen LogP contribution in [-0.2, 0) is 4.79 Å². The Hall–Kier alpha value is -1.68. The third kappa shape index (κ3) is 3.38. The summed E-state index contributed by atoms with van der Waals surface area (Å²) in [5.74, 6) is 0.517. The Morgan fingerprint density at radius 3 is 2.91 bits per heavy atom. The molecular formula is C18H22N2OS. The zero-order valence-corrected chi connectivity index (χ0v) is 13.8. The molecule has 1 aliphatic heterocycles. The molecule has 0 saturated carbocycles. The zero-order valence-electron chi connectivity index (χ0n) is 12.9. The van der Waals surface area contributed by atoms with Crippen LogP contribution in [0.1, 0.15) is 55.1 Å². The lowest BCUT2D eigenvalue weighted by atomic mass is 9.95. The van der Waals surface area contributed by atoms with Gasteiger partial charge in [0.25, 0.3) is 0 Å². The topological polar surface area (TPSA) is 33.2 Å². The SMILES string of the molecule is C[C@H](CC(=O)N1CCCC[C@H]1c1nccs1)c1ccccc1. The van der Waals surface area contributed by atoms with Crippen LogP contribution in [0, 0.1) is 0 Å². The lowest BCUT2D eigenvalue weighted by Gasteiger charge is -2.35. The van der Waals surface area contributed by atoms with Gasteiger partial charge < -0.3 is 4.90 Å². The number of nitrogens with zero attached hydrogens (tertiary/aromatic N) is 2. The molecule has 2 atom stereocenters. The Bertz CT molecular complexity index is 597. The number of aromatic nitrogens is 1. The molecule has 0 aliphatic carbocycles. The number of carbonyl (C=O) groups is 1. The van der Waals surface area contributed by atoms with E-state index in [-0.39, 0.29) is 17.9 Å². The number of rotatable bonds is 4. The van der Waals surface area contributed by atoms with Crippen molar-refractivity contribution < 1.29 is 4.79 Å². The number of likely N-dealkylation sites (tertiary alicyclic amines) is 1. The van der Waals surface area contributed by atoms with Gasteiger partial charge in [0.05, 0.1) is 6.04 Å². The Kier molecular flexibility index (Phi) is 4.88. The lowest BCUT2D eigenvalue weighted by molar-refractivity contribution is -0.135. The van der Waals surface area contributed by atoms with Gasteiger partial charge in [-0.15, -0.1) is 11.3 Å². The maximum atomic E-state index is 12.8. The first kappa shape index (κ1) is 15.2. The molecule has 1 saturated heterocycles. The minimum Gasteiger partial charge on any atom is -0.333 e. The van der Waals surface area contributed by atoms with Crippen molar-refractivity contribution in [2.24, 2.45) is 0 Å². The van der Waals surface area contributed by atoms with E-state index in [1.54, 1.807) is 11.3 Å². The first-order valence-corrected chi connectivity index (χ1v) is 8.87. The second-order valence-corrected chi connectivity index (χ2v) is 6.91. The fourth-order valence-corrected chi connectivity index (χ4v) is 3.95. The zero-order chi connectivity index (χ0) is 15.4. The quantitative estimate of drug-likeness (QED) is 0.838. The van der Waals surface area contributed by atoms with Crippen molar-refractivity contribution in [2.45, 2.75) is 44.6 Å². The van der Waals surface area contributed by atoms with Crippen LogP contribution in [0.2, 0.25) is 0 Å². The second kappa shape index (κ2) is 7.05. The second-order valence-electron chi connectivity index (χ2n) is 5.98. The van der Waals surface area contributed by atoms with E-state index in [0.717, 1.165) is 24.4 Å². The van der Waals surface area contributed by atoms with Crippen LogP contribution in [0.4, 0.5) is 0 Å². The van der Waals surface area contributed by atoms with Gasteiger partial charge in [0, 0.05) is 24.5 Å². The molecular weight excluding hydrogens is 292 g/mol. The summed E-state index contributed by atoms with van der Waals surface area (Å²) >= 11 is 1.66. The summed E-state index contributed by atoms with van der Waals surface area (Å²) in [5.41, 5.74) is 1.23. The molecule has 4 heteroatoms. The Labute approximate surface area is 136 Å². The van der Waals surface area contributed by atoms with Gasteiger partial charge in [-0.3, -0.25) is 4.79 Å². The van der Waals surface area contributed by atoms with E-state index in [0.29, 0.717) is 6.42 Å². The molecule has 1 fully saturated rings. The van der Waals surface area contributed by atoms with Crippen molar-refractivity contribution in [2.75, 3.05) is 6.54 Å².